The summed E-state index contributed by atoms with van der Waals surface area (Å²) in [5, 5.41) is 0.443. The first-order valence-electron chi connectivity index (χ1n) is 4.10. The van der Waals surface area contributed by atoms with E-state index in [0.717, 1.165) is 0 Å². The number of ether oxygens (including phenoxy) is 1. The third-order valence-electron chi connectivity index (χ3n) is 1.42. The Balaban J connectivity index is 2.28. The molecule has 0 saturated carbocycles. The summed E-state index contributed by atoms with van der Waals surface area (Å²) in [5.74, 6) is 2.04. The molecule has 0 N–H and O–H groups in total. The van der Waals surface area contributed by atoms with Crippen LogP contribution >= 0.6 is 0 Å². The van der Waals surface area contributed by atoms with Gasteiger partial charge in [0.05, 0.1) is 0 Å². The van der Waals surface area contributed by atoms with E-state index >= 15 is 0 Å². The van der Waals surface area contributed by atoms with Gasteiger partial charge in [-0.2, -0.15) is 0 Å². The standard InChI is InChI=1S/C11H10O2Se/c1-2-8-13-11(12)9-14-10-6-4-3-5-7-10/h1,3-7H,8-9H2. The minimum atomic E-state index is -0.216. The molecular formula is C11H10O2Se. The zero-order valence-corrected chi connectivity index (χ0v) is 9.32. The van der Waals surface area contributed by atoms with Gasteiger partial charge < -0.3 is 0 Å². The van der Waals surface area contributed by atoms with Gasteiger partial charge in [-0.05, 0) is 0 Å². The molecule has 72 valence electrons. The summed E-state index contributed by atoms with van der Waals surface area (Å²) in [5.41, 5.74) is 0. The molecular weight excluding hydrogens is 243 g/mol. The number of rotatable bonds is 4. The molecule has 0 bridgehead atoms. The van der Waals surface area contributed by atoms with Crippen molar-refractivity contribution in [1.29, 1.82) is 0 Å². The van der Waals surface area contributed by atoms with Gasteiger partial charge in [-0.25, -0.2) is 0 Å². The van der Waals surface area contributed by atoms with Crippen LogP contribution in [-0.4, -0.2) is 27.5 Å². The van der Waals surface area contributed by atoms with Crippen LogP contribution in [-0.2, 0) is 9.53 Å². The van der Waals surface area contributed by atoms with Crippen LogP contribution in [0.5, 0.6) is 0 Å². The zero-order valence-electron chi connectivity index (χ0n) is 7.60. The van der Waals surface area contributed by atoms with Crippen molar-refractivity contribution in [2.75, 3.05) is 6.61 Å². The molecule has 0 aromatic heterocycles. The maximum absolute atomic E-state index is 11.1. The minimum absolute atomic E-state index is 0.0731. The maximum atomic E-state index is 11.1. The average Bonchev–Trinajstić information content (AvgIpc) is 2.25. The molecule has 2 nitrogen and oxygen atoms in total. The van der Waals surface area contributed by atoms with Gasteiger partial charge in [0.25, 0.3) is 0 Å². The van der Waals surface area contributed by atoms with Crippen LogP contribution in [0.15, 0.2) is 30.3 Å². The molecule has 1 aromatic carbocycles. The molecule has 0 aliphatic rings. The molecule has 0 saturated heterocycles. The van der Waals surface area contributed by atoms with Crippen molar-refractivity contribution in [2.45, 2.75) is 5.32 Å². The molecule has 3 heteroatoms. The first kappa shape index (κ1) is 10.8. The van der Waals surface area contributed by atoms with Crippen LogP contribution in [0.2, 0.25) is 5.32 Å². The van der Waals surface area contributed by atoms with Gasteiger partial charge in [-0.15, -0.1) is 0 Å². The van der Waals surface area contributed by atoms with Crippen molar-refractivity contribution in [3.05, 3.63) is 30.3 Å². The molecule has 0 unspecified atom stereocenters. The number of hydrogen-bond donors (Lipinski definition) is 0. The van der Waals surface area contributed by atoms with Crippen molar-refractivity contribution >= 4 is 25.4 Å². The van der Waals surface area contributed by atoms with E-state index in [1.165, 1.54) is 4.46 Å². The molecule has 14 heavy (non-hydrogen) atoms. The third-order valence-corrected chi connectivity index (χ3v) is 3.48. The predicted molar refractivity (Wildman–Crippen MR) is 56.4 cm³/mol. The zero-order chi connectivity index (χ0) is 10.2. The number of carbonyl (C=O) groups excluding carboxylic acids is 1. The van der Waals surface area contributed by atoms with E-state index in [1.54, 1.807) is 0 Å². The summed E-state index contributed by atoms with van der Waals surface area (Å²) in [4.78, 5) is 11.1. The Morgan fingerprint density at radius 2 is 2.14 bits per heavy atom. The van der Waals surface area contributed by atoms with E-state index < -0.39 is 0 Å². The van der Waals surface area contributed by atoms with Crippen LogP contribution in [0, 0.1) is 12.3 Å². The van der Waals surface area contributed by atoms with Crippen molar-refractivity contribution in [2.24, 2.45) is 0 Å². The monoisotopic (exact) mass is 254 g/mol. The van der Waals surface area contributed by atoms with Gasteiger partial charge in [0.1, 0.15) is 0 Å². The number of hydrogen-bond acceptors (Lipinski definition) is 2. The fourth-order valence-electron chi connectivity index (χ4n) is 0.823. The molecule has 0 spiro atoms. The Kier molecular flexibility index (Phi) is 4.85. The summed E-state index contributed by atoms with van der Waals surface area (Å²) in [6.45, 7) is 0.0731. The van der Waals surface area contributed by atoms with E-state index in [-0.39, 0.29) is 27.5 Å². The van der Waals surface area contributed by atoms with Gasteiger partial charge >= 0.3 is 89.5 Å². The van der Waals surface area contributed by atoms with Crippen molar-refractivity contribution in [3.8, 4) is 12.3 Å². The van der Waals surface area contributed by atoms with Crippen LogP contribution in [0.1, 0.15) is 0 Å². The van der Waals surface area contributed by atoms with E-state index in [9.17, 15) is 4.79 Å². The Labute approximate surface area is 89.8 Å². The second-order valence-electron chi connectivity index (χ2n) is 2.47. The summed E-state index contributed by atoms with van der Waals surface area (Å²) < 4.78 is 5.95. The Hall–Kier alpha value is -1.23. The number of benzene rings is 1. The van der Waals surface area contributed by atoms with Crippen LogP contribution in [0.3, 0.4) is 0 Å². The molecule has 0 atom stereocenters. The number of terminal acetylenes is 1. The summed E-state index contributed by atoms with van der Waals surface area (Å²) in [7, 11) is 0. The second-order valence-corrected chi connectivity index (χ2v) is 4.67. The Morgan fingerprint density at radius 3 is 2.79 bits per heavy atom. The predicted octanol–water partition coefficient (Wildman–Crippen LogP) is 0.611. The van der Waals surface area contributed by atoms with Gasteiger partial charge in [0.15, 0.2) is 0 Å². The van der Waals surface area contributed by atoms with E-state index in [0.29, 0.717) is 5.32 Å². The average molecular weight is 253 g/mol. The molecule has 0 amide bonds. The van der Waals surface area contributed by atoms with Crippen molar-refractivity contribution in [3.63, 3.8) is 0 Å². The van der Waals surface area contributed by atoms with Gasteiger partial charge in [-0.1, -0.05) is 0 Å². The molecule has 0 radical (unpaired) electrons. The van der Waals surface area contributed by atoms with Crippen LogP contribution < -0.4 is 4.46 Å². The topological polar surface area (TPSA) is 26.3 Å². The first-order chi connectivity index (χ1) is 6.83. The fraction of sp³-hybridized carbons (Fsp3) is 0.182. The van der Waals surface area contributed by atoms with E-state index in [4.69, 9.17) is 11.2 Å². The van der Waals surface area contributed by atoms with Gasteiger partial charge in [-0.3, -0.25) is 0 Å². The Morgan fingerprint density at radius 1 is 1.43 bits per heavy atom. The first-order valence-corrected chi connectivity index (χ1v) is 6.16. The SMILES string of the molecule is C#CCOC(=O)C[Se]c1ccccc1. The van der Waals surface area contributed by atoms with Crippen LogP contribution in [0.4, 0.5) is 0 Å². The van der Waals surface area contributed by atoms with E-state index in [2.05, 4.69) is 5.92 Å². The quantitative estimate of drug-likeness (QED) is 0.446. The van der Waals surface area contributed by atoms with E-state index in [1.807, 2.05) is 30.3 Å². The number of esters is 1. The number of carbonyl (C=O) groups is 1. The fourth-order valence-corrected chi connectivity index (χ4v) is 2.33. The molecule has 0 fully saturated rings. The third kappa shape index (κ3) is 4.13. The summed E-state index contributed by atoms with van der Waals surface area (Å²) in [6, 6.07) is 9.90. The van der Waals surface area contributed by atoms with Crippen molar-refractivity contribution in [1.82, 2.24) is 0 Å². The summed E-state index contributed by atoms with van der Waals surface area (Å²) >= 11 is 0.146. The molecule has 1 rings (SSSR count). The molecule has 0 aliphatic carbocycles. The van der Waals surface area contributed by atoms with Crippen LogP contribution in [0.25, 0.3) is 0 Å². The molecule has 1 aromatic rings. The van der Waals surface area contributed by atoms with Gasteiger partial charge in [0, 0.05) is 0 Å². The Bertz CT molecular complexity index is 327. The second kappa shape index (κ2) is 6.26. The molecule has 0 aliphatic heterocycles. The normalized spacial score (nSPS) is 9.07. The van der Waals surface area contributed by atoms with Crippen molar-refractivity contribution < 1.29 is 9.53 Å². The molecule has 0 heterocycles. The van der Waals surface area contributed by atoms with Gasteiger partial charge in [0.2, 0.25) is 0 Å². The summed E-state index contributed by atoms with van der Waals surface area (Å²) in [6.07, 6.45) is 4.96.